The van der Waals surface area contributed by atoms with Crippen LogP contribution in [-0.2, 0) is 4.74 Å². The van der Waals surface area contributed by atoms with Gasteiger partial charge in [-0.2, -0.15) is 0 Å². The molecule has 1 fully saturated rings. The minimum absolute atomic E-state index is 0.608. The lowest BCUT2D eigenvalue weighted by Crippen LogP contribution is -2.24. The van der Waals surface area contributed by atoms with Gasteiger partial charge in [0.05, 0.1) is 13.2 Å². The molecular weight excluding hydrogens is 294 g/mol. The molecule has 1 aliphatic rings. The minimum atomic E-state index is 0.608. The molecule has 3 nitrogen and oxygen atoms in total. The Hall–Kier alpha value is -0.580. The number of hydrogen-bond acceptors (Lipinski definition) is 3. The Morgan fingerprint density at radius 2 is 1.94 bits per heavy atom. The van der Waals surface area contributed by atoms with Gasteiger partial charge in [-0.05, 0) is 44.1 Å². The highest BCUT2D eigenvalue weighted by atomic mass is 79.9. The maximum absolute atomic E-state index is 5.59. The Labute approximate surface area is 117 Å². The van der Waals surface area contributed by atoms with E-state index in [4.69, 9.17) is 9.47 Å². The molecule has 0 atom stereocenters. The van der Waals surface area contributed by atoms with Gasteiger partial charge in [0.2, 0.25) is 0 Å². The molecule has 0 unspecified atom stereocenters. The second-order valence-corrected chi connectivity index (χ2v) is 5.38. The maximum atomic E-state index is 5.59. The third-order valence-corrected chi connectivity index (χ3v) is 3.54. The van der Waals surface area contributed by atoms with Crippen LogP contribution >= 0.6 is 15.9 Å². The van der Waals surface area contributed by atoms with Crippen molar-refractivity contribution in [3.8, 4) is 5.75 Å². The molecule has 18 heavy (non-hydrogen) atoms. The number of likely N-dealkylation sites (tertiary alicyclic amines) is 1. The first-order valence-electron chi connectivity index (χ1n) is 6.53. The average molecular weight is 314 g/mol. The molecule has 0 bridgehead atoms. The number of rotatable bonds is 7. The maximum Gasteiger partial charge on any atom is 0.120 e. The van der Waals surface area contributed by atoms with Crippen molar-refractivity contribution >= 4 is 15.9 Å². The van der Waals surface area contributed by atoms with Crippen LogP contribution in [0.25, 0.3) is 0 Å². The van der Waals surface area contributed by atoms with Crippen LogP contribution in [0, 0.1) is 0 Å². The second-order valence-electron chi connectivity index (χ2n) is 4.47. The molecular formula is C14H20BrNO2. The van der Waals surface area contributed by atoms with Gasteiger partial charge >= 0.3 is 0 Å². The highest BCUT2D eigenvalue weighted by Crippen LogP contribution is 2.17. The Kier molecular flexibility index (Phi) is 5.97. The van der Waals surface area contributed by atoms with Gasteiger partial charge in [-0.15, -0.1) is 0 Å². The number of halogens is 1. The van der Waals surface area contributed by atoms with Gasteiger partial charge in [-0.3, -0.25) is 0 Å². The van der Waals surface area contributed by atoms with Crippen LogP contribution in [0.1, 0.15) is 12.8 Å². The zero-order valence-corrected chi connectivity index (χ0v) is 12.2. The molecule has 0 radical (unpaired) electrons. The molecule has 0 spiro atoms. The summed E-state index contributed by atoms with van der Waals surface area (Å²) in [4.78, 5) is 2.45. The zero-order chi connectivity index (χ0) is 12.6. The first-order chi connectivity index (χ1) is 8.84. The Morgan fingerprint density at radius 3 is 2.72 bits per heavy atom. The van der Waals surface area contributed by atoms with Crippen LogP contribution in [0.3, 0.4) is 0 Å². The van der Waals surface area contributed by atoms with Crippen LogP contribution in [0.2, 0.25) is 0 Å². The quantitative estimate of drug-likeness (QED) is 0.722. The van der Waals surface area contributed by atoms with Crippen LogP contribution in [0.15, 0.2) is 28.7 Å². The van der Waals surface area contributed by atoms with E-state index >= 15 is 0 Å². The molecule has 1 aromatic rings. The van der Waals surface area contributed by atoms with E-state index in [-0.39, 0.29) is 0 Å². The van der Waals surface area contributed by atoms with Crippen molar-refractivity contribution in [3.63, 3.8) is 0 Å². The molecule has 0 aromatic heterocycles. The molecule has 0 amide bonds. The first-order valence-corrected chi connectivity index (χ1v) is 7.32. The third kappa shape index (κ3) is 4.96. The summed E-state index contributed by atoms with van der Waals surface area (Å²) in [6, 6.07) is 7.87. The summed E-state index contributed by atoms with van der Waals surface area (Å²) in [7, 11) is 0. The fourth-order valence-corrected chi connectivity index (χ4v) is 2.46. The molecule has 1 heterocycles. The Morgan fingerprint density at radius 1 is 1.11 bits per heavy atom. The van der Waals surface area contributed by atoms with E-state index in [0.29, 0.717) is 13.2 Å². The Balaban J connectivity index is 1.50. The van der Waals surface area contributed by atoms with E-state index in [1.807, 2.05) is 24.3 Å². The van der Waals surface area contributed by atoms with Gasteiger partial charge in [0.1, 0.15) is 12.4 Å². The summed E-state index contributed by atoms with van der Waals surface area (Å²) in [5.74, 6) is 0.882. The largest absolute Gasteiger partial charge is 0.491 e. The van der Waals surface area contributed by atoms with Crippen molar-refractivity contribution in [1.82, 2.24) is 4.90 Å². The van der Waals surface area contributed by atoms with Crippen molar-refractivity contribution < 1.29 is 9.47 Å². The van der Waals surface area contributed by atoms with Crippen LogP contribution in [0.5, 0.6) is 5.75 Å². The third-order valence-electron chi connectivity index (χ3n) is 3.04. The van der Waals surface area contributed by atoms with E-state index in [9.17, 15) is 0 Å². The molecule has 1 aromatic carbocycles. The second kappa shape index (κ2) is 7.77. The monoisotopic (exact) mass is 313 g/mol. The summed E-state index contributed by atoms with van der Waals surface area (Å²) in [5.41, 5.74) is 0. The van der Waals surface area contributed by atoms with Crippen LogP contribution in [0.4, 0.5) is 0 Å². The number of benzene rings is 1. The molecule has 1 aliphatic heterocycles. The zero-order valence-electron chi connectivity index (χ0n) is 10.6. The molecule has 1 saturated heterocycles. The lowest BCUT2D eigenvalue weighted by molar-refractivity contribution is 0.0846. The lowest BCUT2D eigenvalue weighted by atomic mass is 10.3. The molecule has 4 heteroatoms. The summed E-state index contributed by atoms with van der Waals surface area (Å²) < 4.78 is 12.2. The van der Waals surface area contributed by atoms with Crippen molar-refractivity contribution in [2.24, 2.45) is 0 Å². The van der Waals surface area contributed by atoms with Gasteiger partial charge < -0.3 is 14.4 Å². The predicted molar refractivity (Wildman–Crippen MR) is 76.1 cm³/mol. The first kappa shape index (κ1) is 13.8. The van der Waals surface area contributed by atoms with E-state index in [0.717, 1.165) is 23.4 Å². The summed E-state index contributed by atoms with van der Waals surface area (Å²) in [5, 5.41) is 0. The van der Waals surface area contributed by atoms with E-state index in [2.05, 4.69) is 20.8 Å². The van der Waals surface area contributed by atoms with Gasteiger partial charge in [0, 0.05) is 11.0 Å². The van der Waals surface area contributed by atoms with Crippen molar-refractivity contribution in [3.05, 3.63) is 28.7 Å². The summed E-state index contributed by atoms with van der Waals surface area (Å²) in [6.45, 7) is 5.59. The van der Waals surface area contributed by atoms with Crippen molar-refractivity contribution in [2.75, 3.05) is 39.5 Å². The molecule has 2 rings (SSSR count). The van der Waals surface area contributed by atoms with Gasteiger partial charge in [0.15, 0.2) is 0 Å². The van der Waals surface area contributed by atoms with Gasteiger partial charge in [-0.1, -0.05) is 22.0 Å². The Bertz CT molecular complexity index is 353. The highest BCUT2D eigenvalue weighted by Gasteiger charge is 2.10. The lowest BCUT2D eigenvalue weighted by Gasteiger charge is -2.14. The SMILES string of the molecule is Brc1cccc(OCCOCCN2CCCC2)c1. The molecule has 0 saturated carbocycles. The van der Waals surface area contributed by atoms with Crippen LogP contribution < -0.4 is 4.74 Å². The van der Waals surface area contributed by atoms with Gasteiger partial charge in [-0.25, -0.2) is 0 Å². The van der Waals surface area contributed by atoms with Crippen molar-refractivity contribution in [2.45, 2.75) is 12.8 Å². The van der Waals surface area contributed by atoms with Crippen LogP contribution in [-0.4, -0.2) is 44.4 Å². The molecule has 0 aliphatic carbocycles. The number of hydrogen-bond donors (Lipinski definition) is 0. The van der Waals surface area contributed by atoms with Gasteiger partial charge in [0.25, 0.3) is 0 Å². The fraction of sp³-hybridized carbons (Fsp3) is 0.571. The molecule has 0 N–H and O–H groups in total. The van der Waals surface area contributed by atoms with Crippen molar-refractivity contribution in [1.29, 1.82) is 0 Å². The van der Waals surface area contributed by atoms with E-state index in [1.54, 1.807) is 0 Å². The normalized spacial score (nSPS) is 16.1. The minimum Gasteiger partial charge on any atom is -0.491 e. The van der Waals surface area contributed by atoms with E-state index in [1.165, 1.54) is 25.9 Å². The number of ether oxygens (including phenoxy) is 2. The highest BCUT2D eigenvalue weighted by molar-refractivity contribution is 9.10. The fourth-order valence-electron chi connectivity index (χ4n) is 2.08. The average Bonchev–Trinajstić information content (AvgIpc) is 2.87. The predicted octanol–water partition coefficient (Wildman–Crippen LogP) is 2.94. The number of nitrogens with zero attached hydrogens (tertiary/aromatic N) is 1. The van der Waals surface area contributed by atoms with E-state index < -0.39 is 0 Å². The summed E-state index contributed by atoms with van der Waals surface area (Å²) in [6.07, 6.45) is 2.68. The smallest absolute Gasteiger partial charge is 0.120 e. The standard InChI is InChI=1S/C14H20BrNO2/c15-13-4-3-5-14(12-13)18-11-10-17-9-8-16-6-1-2-7-16/h3-5,12H,1-2,6-11H2. The molecule has 100 valence electrons. The topological polar surface area (TPSA) is 21.7 Å². The summed E-state index contributed by atoms with van der Waals surface area (Å²) >= 11 is 3.42.